The predicted octanol–water partition coefficient (Wildman–Crippen LogP) is 4.96. The molecule has 39 heavy (non-hydrogen) atoms. The summed E-state index contributed by atoms with van der Waals surface area (Å²) in [4.78, 5) is 13.9. The Morgan fingerprint density at radius 2 is 1.77 bits per heavy atom. The Hall–Kier alpha value is -3.64. The number of nitrogens with zero attached hydrogens (tertiary/aromatic N) is 7. The highest BCUT2D eigenvalue weighted by Gasteiger charge is 2.32. The van der Waals surface area contributed by atoms with Gasteiger partial charge in [0.2, 0.25) is 5.82 Å². The van der Waals surface area contributed by atoms with E-state index < -0.39 is 6.36 Å². The smallest absolute Gasteiger partial charge is 0.406 e. The standard InChI is InChI=1S/C26H26F3N7O2.ClH/c1-17-14-22(25-31-24(33-38-25)19-2-6-21(7-3-19)37-26(27,28)29)32-36(17)16-18-8-9-30-23(15-18)35-12-10-34(11-13-35)20-4-5-20;/h2-3,6-9,14-15,20H,4-5,10-13,16H2,1H3;1H. The van der Waals surface area contributed by atoms with Gasteiger partial charge in [-0.3, -0.25) is 9.58 Å². The van der Waals surface area contributed by atoms with E-state index in [9.17, 15) is 13.2 Å². The monoisotopic (exact) mass is 561 g/mol. The summed E-state index contributed by atoms with van der Waals surface area (Å²) in [6, 6.07) is 12.0. The van der Waals surface area contributed by atoms with E-state index in [-0.39, 0.29) is 29.9 Å². The molecule has 2 aliphatic rings. The second-order valence-electron chi connectivity index (χ2n) is 9.60. The maximum Gasteiger partial charge on any atom is 0.573 e. The molecular weight excluding hydrogens is 535 g/mol. The van der Waals surface area contributed by atoms with Gasteiger partial charge < -0.3 is 14.2 Å². The summed E-state index contributed by atoms with van der Waals surface area (Å²) in [6.45, 7) is 6.63. The Balaban J connectivity index is 0.00000308. The molecule has 0 atom stereocenters. The van der Waals surface area contributed by atoms with Gasteiger partial charge in [-0.05, 0) is 67.8 Å². The zero-order valence-electron chi connectivity index (χ0n) is 21.1. The van der Waals surface area contributed by atoms with E-state index in [1.165, 1.54) is 37.1 Å². The first kappa shape index (κ1) is 26.9. The van der Waals surface area contributed by atoms with Crippen LogP contribution in [0.3, 0.4) is 0 Å². The lowest BCUT2D eigenvalue weighted by Crippen LogP contribution is -2.47. The van der Waals surface area contributed by atoms with Crippen LogP contribution < -0.4 is 9.64 Å². The van der Waals surface area contributed by atoms with Crippen LogP contribution in [0.5, 0.6) is 5.75 Å². The Bertz CT molecular complexity index is 1410. The molecule has 1 saturated carbocycles. The van der Waals surface area contributed by atoms with Gasteiger partial charge in [-0.2, -0.15) is 10.1 Å². The highest BCUT2D eigenvalue weighted by molar-refractivity contribution is 5.85. The molecule has 13 heteroatoms. The third kappa shape index (κ3) is 6.34. The molecule has 3 aromatic heterocycles. The summed E-state index contributed by atoms with van der Waals surface area (Å²) in [5, 5.41) is 8.61. The largest absolute Gasteiger partial charge is 0.573 e. The van der Waals surface area contributed by atoms with Gasteiger partial charge >= 0.3 is 6.36 Å². The molecule has 1 saturated heterocycles. The molecule has 1 aromatic carbocycles. The first-order valence-corrected chi connectivity index (χ1v) is 12.5. The van der Waals surface area contributed by atoms with Gasteiger partial charge in [0.05, 0.1) is 6.54 Å². The van der Waals surface area contributed by atoms with Crippen molar-refractivity contribution in [1.82, 2.24) is 29.8 Å². The minimum Gasteiger partial charge on any atom is -0.406 e. The van der Waals surface area contributed by atoms with E-state index >= 15 is 0 Å². The normalized spacial score (nSPS) is 16.3. The zero-order chi connectivity index (χ0) is 26.3. The molecule has 0 N–H and O–H groups in total. The van der Waals surface area contributed by atoms with Gasteiger partial charge in [0.15, 0.2) is 5.69 Å². The minimum absolute atomic E-state index is 0. The first-order valence-electron chi connectivity index (χ1n) is 12.5. The molecule has 1 aliphatic carbocycles. The molecule has 6 rings (SSSR count). The quantitative estimate of drug-likeness (QED) is 0.313. The summed E-state index contributed by atoms with van der Waals surface area (Å²) in [6.07, 6.45) is -0.247. The predicted molar refractivity (Wildman–Crippen MR) is 140 cm³/mol. The molecule has 9 nitrogen and oxygen atoms in total. The minimum atomic E-state index is -4.75. The van der Waals surface area contributed by atoms with E-state index in [0.29, 0.717) is 17.8 Å². The van der Waals surface area contributed by atoms with Crippen molar-refractivity contribution in [3.05, 3.63) is 59.9 Å². The van der Waals surface area contributed by atoms with Crippen molar-refractivity contribution in [3.8, 4) is 28.7 Å². The van der Waals surface area contributed by atoms with E-state index in [0.717, 1.165) is 49.3 Å². The molecule has 2 fully saturated rings. The van der Waals surface area contributed by atoms with Gasteiger partial charge in [-0.1, -0.05) is 5.16 Å². The lowest BCUT2D eigenvalue weighted by atomic mass is 10.2. The molecule has 4 aromatic rings. The van der Waals surface area contributed by atoms with Crippen molar-refractivity contribution < 1.29 is 22.4 Å². The van der Waals surface area contributed by atoms with E-state index in [1.54, 1.807) is 0 Å². The molecule has 1 aliphatic heterocycles. The summed E-state index contributed by atoms with van der Waals surface area (Å²) >= 11 is 0. The van der Waals surface area contributed by atoms with Crippen LogP contribution in [0.2, 0.25) is 0 Å². The van der Waals surface area contributed by atoms with Crippen molar-refractivity contribution in [2.75, 3.05) is 31.1 Å². The third-order valence-corrected chi connectivity index (χ3v) is 6.82. The topological polar surface area (TPSA) is 85.3 Å². The van der Waals surface area contributed by atoms with Crippen molar-refractivity contribution >= 4 is 18.2 Å². The first-order chi connectivity index (χ1) is 18.3. The van der Waals surface area contributed by atoms with Crippen molar-refractivity contribution in [2.24, 2.45) is 0 Å². The number of hydrogen-bond acceptors (Lipinski definition) is 8. The summed E-state index contributed by atoms with van der Waals surface area (Å²) in [5.41, 5.74) is 3.02. The number of aromatic nitrogens is 5. The second-order valence-corrected chi connectivity index (χ2v) is 9.60. The van der Waals surface area contributed by atoms with Gasteiger partial charge in [0.25, 0.3) is 5.89 Å². The highest BCUT2D eigenvalue weighted by Crippen LogP contribution is 2.29. The third-order valence-electron chi connectivity index (χ3n) is 6.82. The number of ether oxygens (including phenoxy) is 1. The number of rotatable bonds is 7. The average Bonchev–Trinajstić information content (AvgIpc) is 3.52. The molecule has 0 radical (unpaired) electrons. The zero-order valence-corrected chi connectivity index (χ0v) is 22.0. The van der Waals surface area contributed by atoms with Crippen LogP contribution in [0.4, 0.5) is 19.0 Å². The van der Waals surface area contributed by atoms with Gasteiger partial charge in [-0.15, -0.1) is 25.6 Å². The molecule has 0 bridgehead atoms. The van der Waals surface area contributed by atoms with Crippen LogP contribution in [0, 0.1) is 6.92 Å². The Morgan fingerprint density at radius 1 is 1.03 bits per heavy atom. The number of halogens is 4. The summed E-state index contributed by atoms with van der Waals surface area (Å²) in [7, 11) is 0. The molecular formula is C26H27ClF3N7O2. The fourth-order valence-electron chi connectivity index (χ4n) is 4.69. The molecule has 0 spiro atoms. The van der Waals surface area contributed by atoms with Crippen LogP contribution in [0.15, 0.2) is 53.2 Å². The van der Waals surface area contributed by atoms with Crippen LogP contribution >= 0.6 is 12.4 Å². The number of anilines is 1. The Kier molecular flexibility index (Phi) is 7.50. The van der Waals surface area contributed by atoms with E-state index in [2.05, 4.69) is 40.8 Å². The fraction of sp³-hybridized carbons (Fsp3) is 0.385. The van der Waals surface area contributed by atoms with Gasteiger partial charge in [-0.25, -0.2) is 4.98 Å². The Morgan fingerprint density at radius 3 is 2.46 bits per heavy atom. The van der Waals surface area contributed by atoms with E-state index in [4.69, 9.17) is 4.52 Å². The number of hydrogen-bond donors (Lipinski definition) is 0. The fourth-order valence-corrected chi connectivity index (χ4v) is 4.69. The van der Waals surface area contributed by atoms with Gasteiger partial charge in [0, 0.05) is 49.7 Å². The Labute approximate surface area is 229 Å². The molecule has 4 heterocycles. The number of pyridine rings is 1. The van der Waals surface area contributed by atoms with Crippen LogP contribution in [-0.2, 0) is 6.54 Å². The number of piperazine rings is 1. The SMILES string of the molecule is Cc1cc(-c2nc(-c3ccc(OC(F)(F)F)cc3)no2)nn1Cc1ccnc(N2CCN(C3CC3)CC2)c1.Cl. The van der Waals surface area contributed by atoms with Gasteiger partial charge in [0.1, 0.15) is 11.6 Å². The number of benzene rings is 1. The average molecular weight is 562 g/mol. The van der Waals surface area contributed by atoms with Crippen LogP contribution in [0.25, 0.3) is 23.0 Å². The summed E-state index contributed by atoms with van der Waals surface area (Å²) < 4.78 is 48.3. The lowest BCUT2D eigenvalue weighted by Gasteiger charge is -2.35. The van der Waals surface area contributed by atoms with Crippen LogP contribution in [0.1, 0.15) is 24.1 Å². The number of alkyl halides is 3. The second kappa shape index (κ2) is 10.9. The molecule has 206 valence electrons. The summed E-state index contributed by atoms with van der Waals surface area (Å²) in [5.74, 6) is 1.13. The van der Waals surface area contributed by atoms with E-state index in [1.807, 2.05) is 29.9 Å². The maximum atomic E-state index is 12.4. The van der Waals surface area contributed by atoms with Crippen molar-refractivity contribution in [2.45, 2.75) is 38.7 Å². The molecule has 0 unspecified atom stereocenters. The lowest BCUT2D eigenvalue weighted by molar-refractivity contribution is -0.274. The van der Waals surface area contributed by atoms with Crippen LogP contribution in [-0.4, -0.2) is 68.4 Å². The highest BCUT2D eigenvalue weighted by atomic mass is 35.5. The maximum absolute atomic E-state index is 12.4. The van der Waals surface area contributed by atoms with Crippen molar-refractivity contribution in [1.29, 1.82) is 0 Å². The van der Waals surface area contributed by atoms with Crippen molar-refractivity contribution in [3.63, 3.8) is 0 Å². The molecule has 0 amide bonds. The number of aryl methyl sites for hydroxylation is 1.